The van der Waals surface area contributed by atoms with Crippen LogP contribution < -0.4 is 10.3 Å². The van der Waals surface area contributed by atoms with E-state index in [1.807, 2.05) is 28.5 Å². The van der Waals surface area contributed by atoms with Crippen LogP contribution in [0.3, 0.4) is 0 Å². The Morgan fingerprint density at radius 3 is 2.61 bits per heavy atom. The van der Waals surface area contributed by atoms with Crippen molar-refractivity contribution < 1.29 is 13.2 Å². The first kappa shape index (κ1) is 20.5. The monoisotopic (exact) mass is 475 g/mol. The molecule has 0 aromatic carbocycles. The lowest BCUT2D eigenvalue weighted by atomic mass is 9.83. The lowest BCUT2D eigenvalue weighted by molar-refractivity contribution is -0.133. The number of rotatable bonds is 5. The molecule has 31 heavy (non-hydrogen) atoms. The van der Waals surface area contributed by atoms with Gasteiger partial charge in [-0.3, -0.25) is 14.3 Å². The summed E-state index contributed by atoms with van der Waals surface area (Å²) in [5, 5.41) is 3.65. The van der Waals surface area contributed by atoms with Gasteiger partial charge in [0.2, 0.25) is 5.91 Å². The minimum absolute atomic E-state index is 0.0581. The van der Waals surface area contributed by atoms with Gasteiger partial charge >= 0.3 is 0 Å². The lowest BCUT2D eigenvalue weighted by Gasteiger charge is -2.43. The van der Waals surface area contributed by atoms with Crippen LogP contribution in [0.15, 0.2) is 56.2 Å². The summed E-state index contributed by atoms with van der Waals surface area (Å²) >= 11 is 2.69. The smallest absolute Gasteiger partial charge is 0.275 e. The van der Waals surface area contributed by atoms with Crippen molar-refractivity contribution in [2.75, 3.05) is 17.8 Å². The molecule has 3 aromatic heterocycles. The molecule has 0 aliphatic carbocycles. The fourth-order valence-electron chi connectivity index (χ4n) is 4.51. The first-order chi connectivity index (χ1) is 14.9. The fraction of sp³-hybridized carbons (Fsp3) is 0.333. The topological polar surface area (TPSA) is 88.5 Å². The number of amides is 1. The summed E-state index contributed by atoms with van der Waals surface area (Å²) in [5.41, 5.74) is 0.599. The van der Waals surface area contributed by atoms with Crippen LogP contribution in [0.2, 0.25) is 0 Å². The Kier molecular flexibility index (Phi) is 5.23. The van der Waals surface area contributed by atoms with Gasteiger partial charge in [-0.15, -0.1) is 22.7 Å². The molecule has 1 N–H and O–H groups in total. The number of likely N-dealkylation sites (tertiary alicyclic amines) is 1. The van der Waals surface area contributed by atoms with Gasteiger partial charge in [-0.25, -0.2) is 8.42 Å². The second kappa shape index (κ2) is 7.92. The minimum Gasteiger partial charge on any atom is -0.341 e. The molecule has 3 aromatic rings. The average molecular weight is 476 g/mol. The van der Waals surface area contributed by atoms with Crippen molar-refractivity contribution in [2.24, 2.45) is 5.92 Å². The second-order valence-electron chi connectivity index (χ2n) is 7.98. The summed E-state index contributed by atoms with van der Waals surface area (Å²) < 4.78 is 29.4. The van der Waals surface area contributed by atoms with E-state index < -0.39 is 10.0 Å². The first-order valence-corrected chi connectivity index (χ1v) is 13.2. The Morgan fingerprint density at radius 2 is 1.87 bits per heavy atom. The zero-order valence-corrected chi connectivity index (χ0v) is 19.0. The number of hydrogen-bond donors (Lipinski definition) is 1. The van der Waals surface area contributed by atoms with Crippen molar-refractivity contribution in [3.8, 4) is 0 Å². The van der Waals surface area contributed by atoms with E-state index in [-0.39, 0.29) is 33.2 Å². The van der Waals surface area contributed by atoms with Crippen LogP contribution in [-0.2, 0) is 27.8 Å². The molecule has 2 bridgehead atoms. The molecule has 2 aliphatic heterocycles. The van der Waals surface area contributed by atoms with Crippen LogP contribution in [0.4, 0.5) is 5.69 Å². The number of aromatic nitrogens is 1. The molecule has 10 heteroatoms. The lowest BCUT2D eigenvalue weighted by Crippen LogP contribution is -2.49. The first-order valence-electron chi connectivity index (χ1n) is 10.0. The second-order valence-corrected chi connectivity index (χ2v) is 11.9. The third-order valence-corrected chi connectivity index (χ3v) is 9.51. The maximum absolute atomic E-state index is 13.1. The number of carbonyl (C=O) groups is 1. The van der Waals surface area contributed by atoms with Gasteiger partial charge in [-0.2, -0.15) is 0 Å². The van der Waals surface area contributed by atoms with Crippen LogP contribution >= 0.6 is 22.7 Å². The van der Waals surface area contributed by atoms with E-state index in [1.54, 1.807) is 33.4 Å². The van der Waals surface area contributed by atoms with Crippen LogP contribution in [0, 0.1) is 5.92 Å². The number of fused-ring (bicyclic) bond motifs is 4. The molecule has 1 saturated heterocycles. The number of nitrogens with one attached hydrogen (secondary N) is 1. The number of thiophene rings is 2. The summed E-state index contributed by atoms with van der Waals surface area (Å²) in [4.78, 5) is 28.8. The van der Waals surface area contributed by atoms with Crippen LogP contribution in [0.5, 0.6) is 0 Å². The van der Waals surface area contributed by atoms with Crippen molar-refractivity contribution in [3.05, 3.63) is 68.1 Å². The van der Waals surface area contributed by atoms with Gasteiger partial charge in [-0.1, -0.05) is 12.1 Å². The summed E-state index contributed by atoms with van der Waals surface area (Å²) in [6.07, 6.45) is 1.34. The highest BCUT2D eigenvalue weighted by atomic mass is 32.2. The van der Waals surface area contributed by atoms with Crippen molar-refractivity contribution >= 4 is 44.3 Å². The molecule has 0 unspecified atom stereocenters. The maximum atomic E-state index is 13.1. The molecule has 0 radical (unpaired) electrons. The molecular weight excluding hydrogens is 454 g/mol. The zero-order chi connectivity index (χ0) is 21.6. The number of sulfonamides is 1. The largest absolute Gasteiger partial charge is 0.341 e. The van der Waals surface area contributed by atoms with E-state index in [1.165, 1.54) is 6.07 Å². The van der Waals surface area contributed by atoms with Gasteiger partial charge in [0.1, 0.15) is 9.90 Å². The fourth-order valence-corrected chi connectivity index (χ4v) is 7.26. The number of pyridine rings is 1. The molecule has 2 aliphatic rings. The number of carbonyl (C=O) groups excluding carboxylic acids is 1. The standard InChI is InChI=1S/C21H21N3O4S3/c25-19(10-16-3-1-7-29-16)23-11-14-9-15(13-23)18-6-5-17(21(26)24(18)12-14)22-31(27,28)20-4-2-8-30-20/h1-8,14-15,22H,9-13H2/t14-,15-/m1/s1. The van der Waals surface area contributed by atoms with Gasteiger partial charge in [0.25, 0.3) is 15.6 Å². The molecule has 1 amide bonds. The van der Waals surface area contributed by atoms with E-state index in [2.05, 4.69) is 4.72 Å². The summed E-state index contributed by atoms with van der Waals surface area (Å²) in [5.74, 6) is 0.379. The molecule has 0 saturated carbocycles. The zero-order valence-electron chi connectivity index (χ0n) is 16.6. The predicted molar refractivity (Wildman–Crippen MR) is 121 cm³/mol. The normalized spacial score (nSPS) is 20.3. The van der Waals surface area contributed by atoms with Gasteiger partial charge in [0.15, 0.2) is 0 Å². The van der Waals surface area contributed by atoms with Gasteiger partial charge in [-0.05, 0) is 47.4 Å². The van der Waals surface area contributed by atoms with Crippen LogP contribution in [0.1, 0.15) is 22.9 Å². The highest BCUT2D eigenvalue weighted by Gasteiger charge is 2.36. The molecule has 0 spiro atoms. The Morgan fingerprint density at radius 1 is 1.06 bits per heavy atom. The maximum Gasteiger partial charge on any atom is 0.275 e. The highest BCUT2D eigenvalue weighted by molar-refractivity contribution is 7.94. The third kappa shape index (κ3) is 3.95. The molecule has 2 atom stereocenters. The number of anilines is 1. The highest BCUT2D eigenvalue weighted by Crippen LogP contribution is 2.36. The van der Waals surface area contributed by atoms with Gasteiger partial charge in [0.05, 0.1) is 6.42 Å². The number of hydrogen-bond acceptors (Lipinski definition) is 6. The van der Waals surface area contributed by atoms with Gasteiger partial charge < -0.3 is 9.47 Å². The van der Waals surface area contributed by atoms with Crippen LogP contribution in [0.25, 0.3) is 0 Å². The Labute approximate surface area is 188 Å². The van der Waals surface area contributed by atoms with Crippen molar-refractivity contribution in [1.29, 1.82) is 0 Å². The molecule has 5 rings (SSSR count). The van der Waals surface area contributed by atoms with E-state index >= 15 is 0 Å². The third-order valence-electron chi connectivity index (χ3n) is 5.87. The Hall–Kier alpha value is -2.43. The SMILES string of the molecule is O=C(Cc1cccs1)N1C[C@H]2C[C@H](C1)c1ccc(NS(=O)(=O)c3cccs3)c(=O)n1C2. The van der Waals surface area contributed by atoms with E-state index in [0.29, 0.717) is 26.1 Å². The molecule has 1 fully saturated rings. The molecule has 162 valence electrons. The van der Waals surface area contributed by atoms with Gasteiger partial charge in [0, 0.05) is 36.1 Å². The van der Waals surface area contributed by atoms with E-state index in [9.17, 15) is 18.0 Å². The summed E-state index contributed by atoms with van der Waals surface area (Å²) in [7, 11) is -3.78. The predicted octanol–water partition coefficient (Wildman–Crippen LogP) is 2.96. The van der Waals surface area contributed by atoms with Crippen molar-refractivity contribution in [3.63, 3.8) is 0 Å². The van der Waals surface area contributed by atoms with E-state index in [4.69, 9.17) is 0 Å². The number of nitrogens with zero attached hydrogens (tertiary/aromatic N) is 2. The van der Waals surface area contributed by atoms with Crippen LogP contribution in [-0.4, -0.2) is 36.9 Å². The Balaban J connectivity index is 1.38. The summed E-state index contributed by atoms with van der Waals surface area (Å²) in [6.45, 7) is 1.69. The summed E-state index contributed by atoms with van der Waals surface area (Å²) in [6, 6.07) is 10.5. The molecule has 5 heterocycles. The molecular formula is C21H21N3O4S3. The quantitative estimate of drug-likeness (QED) is 0.615. The average Bonchev–Trinajstić information content (AvgIpc) is 3.45. The number of piperidine rings is 1. The minimum atomic E-state index is -3.78. The Bertz CT molecular complexity index is 1260. The van der Waals surface area contributed by atoms with E-state index in [0.717, 1.165) is 28.3 Å². The van der Waals surface area contributed by atoms with Crippen molar-refractivity contribution in [2.45, 2.75) is 29.5 Å². The van der Waals surface area contributed by atoms with Crippen molar-refractivity contribution in [1.82, 2.24) is 9.47 Å². The molecule has 7 nitrogen and oxygen atoms in total.